The zero-order chi connectivity index (χ0) is 20.8. The fraction of sp³-hybridized carbons (Fsp3) is 0.421. The van der Waals surface area contributed by atoms with Gasteiger partial charge >= 0.3 is 0 Å². The summed E-state index contributed by atoms with van der Waals surface area (Å²) in [6, 6.07) is 7.30. The van der Waals surface area contributed by atoms with E-state index in [9.17, 15) is 22.4 Å². The second kappa shape index (κ2) is 7.25. The first-order chi connectivity index (χ1) is 13.7. The van der Waals surface area contributed by atoms with E-state index in [1.54, 1.807) is 23.7 Å². The van der Waals surface area contributed by atoms with Crippen molar-refractivity contribution in [3.05, 3.63) is 41.8 Å². The van der Waals surface area contributed by atoms with Crippen LogP contribution in [0.15, 0.2) is 30.3 Å². The molecule has 2 fully saturated rings. The highest BCUT2D eigenvalue weighted by Crippen LogP contribution is 2.30. The molecule has 0 aliphatic carbocycles. The number of rotatable bonds is 4. The molecule has 1 aromatic heterocycles. The summed E-state index contributed by atoms with van der Waals surface area (Å²) in [7, 11) is -3.10. The number of carbonyl (C=O) groups excluding carboxylic acids is 2. The lowest BCUT2D eigenvalue weighted by Crippen LogP contribution is -2.29. The summed E-state index contributed by atoms with van der Waals surface area (Å²) in [4.78, 5) is 26.4. The molecule has 2 amide bonds. The number of carbonyl (C=O) groups is 2. The van der Waals surface area contributed by atoms with Gasteiger partial charge in [-0.3, -0.25) is 9.59 Å². The number of hydrogen-bond acceptors (Lipinski definition) is 5. The number of nitrogens with one attached hydrogen (secondary N) is 1. The number of amides is 2. The molecule has 2 atom stereocenters. The van der Waals surface area contributed by atoms with Crippen LogP contribution < -0.4 is 10.2 Å². The van der Waals surface area contributed by atoms with E-state index >= 15 is 0 Å². The molecule has 0 saturated carbocycles. The van der Waals surface area contributed by atoms with Crippen molar-refractivity contribution in [2.75, 3.05) is 28.3 Å². The molecule has 3 heterocycles. The highest BCUT2D eigenvalue weighted by atomic mass is 32.2. The number of nitrogens with zero attached hydrogens (tertiary/aromatic N) is 3. The van der Waals surface area contributed by atoms with Crippen molar-refractivity contribution in [3.8, 4) is 0 Å². The molecule has 8 nitrogen and oxygen atoms in total. The molecular weight excluding hydrogens is 399 g/mol. The predicted molar refractivity (Wildman–Crippen MR) is 105 cm³/mol. The summed E-state index contributed by atoms with van der Waals surface area (Å²) >= 11 is 0. The molecule has 4 rings (SSSR count). The predicted octanol–water partition coefficient (Wildman–Crippen LogP) is 1.68. The van der Waals surface area contributed by atoms with Crippen LogP contribution in [0.5, 0.6) is 0 Å². The number of anilines is 2. The van der Waals surface area contributed by atoms with E-state index in [1.807, 2.05) is 0 Å². The van der Waals surface area contributed by atoms with E-state index in [1.165, 1.54) is 23.1 Å². The number of aromatic nitrogens is 2. The Morgan fingerprint density at radius 2 is 2.07 bits per heavy atom. The van der Waals surface area contributed by atoms with E-state index < -0.39 is 21.6 Å². The molecule has 1 N–H and O–H groups in total. The molecule has 0 bridgehead atoms. The zero-order valence-corrected chi connectivity index (χ0v) is 16.7. The van der Waals surface area contributed by atoms with Crippen LogP contribution in [-0.4, -0.2) is 48.1 Å². The topological polar surface area (TPSA) is 101 Å². The molecule has 2 saturated heterocycles. The van der Waals surface area contributed by atoms with Crippen molar-refractivity contribution in [1.29, 1.82) is 0 Å². The summed E-state index contributed by atoms with van der Waals surface area (Å²) < 4.78 is 39.2. The van der Waals surface area contributed by atoms with Crippen molar-refractivity contribution in [3.63, 3.8) is 0 Å². The van der Waals surface area contributed by atoms with E-state index in [0.29, 0.717) is 17.9 Å². The molecule has 2 aliphatic heterocycles. The van der Waals surface area contributed by atoms with Gasteiger partial charge in [-0.2, -0.15) is 5.10 Å². The molecule has 0 radical (unpaired) electrons. The van der Waals surface area contributed by atoms with Gasteiger partial charge in [-0.05, 0) is 25.5 Å². The third kappa shape index (κ3) is 3.89. The van der Waals surface area contributed by atoms with Crippen LogP contribution in [0, 0.1) is 18.7 Å². The Hall–Kier alpha value is -2.75. The van der Waals surface area contributed by atoms with Crippen LogP contribution >= 0.6 is 0 Å². The largest absolute Gasteiger partial charge is 0.311 e. The first-order valence-corrected chi connectivity index (χ1v) is 11.2. The van der Waals surface area contributed by atoms with Gasteiger partial charge < -0.3 is 10.2 Å². The lowest BCUT2D eigenvalue weighted by atomic mass is 10.1. The summed E-state index contributed by atoms with van der Waals surface area (Å²) in [6.45, 7) is 1.84. The zero-order valence-electron chi connectivity index (χ0n) is 15.8. The number of halogens is 1. The summed E-state index contributed by atoms with van der Waals surface area (Å²) in [5.74, 6) is -1.36. The Morgan fingerprint density at radius 1 is 1.31 bits per heavy atom. The van der Waals surface area contributed by atoms with Gasteiger partial charge in [-0.1, -0.05) is 12.1 Å². The minimum atomic E-state index is -3.10. The van der Waals surface area contributed by atoms with Crippen LogP contribution in [0.1, 0.15) is 24.6 Å². The van der Waals surface area contributed by atoms with Crippen molar-refractivity contribution in [2.45, 2.75) is 25.8 Å². The fourth-order valence-corrected chi connectivity index (χ4v) is 5.56. The van der Waals surface area contributed by atoms with Crippen LogP contribution in [0.3, 0.4) is 0 Å². The lowest BCUT2D eigenvalue weighted by molar-refractivity contribution is -0.122. The molecule has 0 spiro atoms. The van der Waals surface area contributed by atoms with Crippen LogP contribution in [0.2, 0.25) is 0 Å². The average Bonchev–Trinajstić information content (AvgIpc) is 3.32. The number of aryl methyl sites for hydroxylation is 1. The second-order valence-corrected chi connectivity index (χ2v) is 9.75. The quantitative estimate of drug-likeness (QED) is 0.811. The molecule has 1 aromatic carbocycles. The van der Waals surface area contributed by atoms with Gasteiger partial charge in [-0.15, -0.1) is 0 Å². The molecule has 29 heavy (non-hydrogen) atoms. The number of benzene rings is 1. The minimum Gasteiger partial charge on any atom is -0.311 e. The van der Waals surface area contributed by atoms with Crippen LogP contribution in [0.25, 0.3) is 0 Å². The maximum Gasteiger partial charge on any atom is 0.230 e. The molecule has 2 aromatic rings. The van der Waals surface area contributed by atoms with E-state index in [0.717, 1.165) is 0 Å². The Morgan fingerprint density at radius 3 is 2.76 bits per heavy atom. The van der Waals surface area contributed by atoms with Gasteiger partial charge in [0.15, 0.2) is 9.84 Å². The summed E-state index contributed by atoms with van der Waals surface area (Å²) in [5.41, 5.74) is 0.810. The SMILES string of the molecule is Cc1cc(NC(=O)C2CC(=O)N(c3ccccc3F)C2)n(C2CCS(=O)(=O)C2)n1. The van der Waals surface area contributed by atoms with Gasteiger partial charge in [0.25, 0.3) is 0 Å². The minimum absolute atomic E-state index is 0.0139. The first-order valence-electron chi connectivity index (χ1n) is 9.36. The average molecular weight is 420 g/mol. The van der Waals surface area contributed by atoms with E-state index in [4.69, 9.17) is 0 Å². The Kier molecular flexibility index (Phi) is 4.89. The standard InChI is InChI=1S/C19H21FN4O4S/c1-12-8-17(24(22-12)14-6-7-29(27,28)11-14)21-19(26)13-9-18(25)23(10-13)16-5-3-2-4-15(16)20/h2-5,8,13-14H,6-7,9-11H2,1H3,(H,21,26). The maximum absolute atomic E-state index is 14.0. The van der Waals surface area contributed by atoms with Gasteiger partial charge in [0.1, 0.15) is 11.6 Å². The highest BCUT2D eigenvalue weighted by Gasteiger charge is 2.37. The molecule has 154 valence electrons. The van der Waals surface area contributed by atoms with Gasteiger partial charge in [-0.25, -0.2) is 17.5 Å². The van der Waals surface area contributed by atoms with Gasteiger partial charge in [0.05, 0.1) is 34.8 Å². The van der Waals surface area contributed by atoms with Crippen LogP contribution in [-0.2, 0) is 19.4 Å². The summed E-state index contributed by atoms with van der Waals surface area (Å²) in [6.07, 6.45) is 0.417. The van der Waals surface area contributed by atoms with Gasteiger partial charge in [0, 0.05) is 19.0 Å². The van der Waals surface area contributed by atoms with Crippen molar-refractivity contribution >= 4 is 33.2 Å². The van der Waals surface area contributed by atoms with E-state index in [2.05, 4.69) is 10.4 Å². The fourth-order valence-electron chi connectivity index (χ4n) is 3.87. The first kappa shape index (κ1) is 19.6. The van der Waals surface area contributed by atoms with Gasteiger partial charge in [0.2, 0.25) is 11.8 Å². The van der Waals surface area contributed by atoms with E-state index in [-0.39, 0.29) is 48.0 Å². The number of para-hydroxylation sites is 1. The third-order valence-electron chi connectivity index (χ3n) is 5.30. The Labute approximate surface area is 167 Å². The molecular formula is C19H21FN4O4S. The monoisotopic (exact) mass is 420 g/mol. The second-order valence-electron chi connectivity index (χ2n) is 7.52. The molecule has 2 aliphatic rings. The normalized spacial score (nSPS) is 23.5. The Balaban J connectivity index is 1.50. The molecule has 2 unspecified atom stereocenters. The van der Waals surface area contributed by atoms with Crippen molar-refractivity contribution < 1.29 is 22.4 Å². The summed E-state index contributed by atoms with van der Waals surface area (Å²) in [5, 5.41) is 7.12. The van der Waals surface area contributed by atoms with Crippen molar-refractivity contribution in [2.24, 2.45) is 5.92 Å². The number of sulfone groups is 1. The number of hydrogen-bond donors (Lipinski definition) is 1. The third-order valence-corrected chi connectivity index (χ3v) is 7.05. The lowest BCUT2D eigenvalue weighted by Gasteiger charge is -2.18. The van der Waals surface area contributed by atoms with Crippen molar-refractivity contribution in [1.82, 2.24) is 9.78 Å². The highest BCUT2D eigenvalue weighted by molar-refractivity contribution is 7.91. The Bertz CT molecular complexity index is 1080. The smallest absolute Gasteiger partial charge is 0.230 e. The van der Waals surface area contributed by atoms with Crippen LogP contribution in [0.4, 0.5) is 15.9 Å². The maximum atomic E-state index is 14.0. The molecule has 10 heteroatoms.